The summed E-state index contributed by atoms with van der Waals surface area (Å²) in [6.07, 6.45) is 0. The summed E-state index contributed by atoms with van der Waals surface area (Å²) in [6.45, 7) is 4.55. The molecule has 0 unspecified atom stereocenters. The molecule has 0 saturated carbocycles. The Bertz CT molecular complexity index is 910. The molecular formula is C18H18ClN5OS. The topological polar surface area (TPSA) is 72.7 Å². The summed E-state index contributed by atoms with van der Waals surface area (Å²) < 4.78 is 1.64. The molecule has 0 aliphatic carbocycles. The zero-order valence-corrected chi connectivity index (χ0v) is 16.0. The normalized spacial score (nSPS) is 10.7. The molecule has 0 atom stereocenters. The highest BCUT2D eigenvalue weighted by molar-refractivity contribution is 7.99. The van der Waals surface area contributed by atoms with Gasteiger partial charge in [0.25, 0.3) is 0 Å². The molecule has 3 aromatic rings. The van der Waals surface area contributed by atoms with E-state index in [-0.39, 0.29) is 11.7 Å². The van der Waals surface area contributed by atoms with E-state index in [0.717, 1.165) is 16.8 Å². The van der Waals surface area contributed by atoms with Gasteiger partial charge in [-0.25, -0.2) is 0 Å². The molecule has 1 aromatic heterocycles. The lowest BCUT2D eigenvalue weighted by atomic mass is 10.1. The van der Waals surface area contributed by atoms with Crippen molar-refractivity contribution in [3.63, 3.8) is 0 Å². The van der Waals surface area contributed by atoms with E-state index in [1.54, 1.807) is 16.8 Å². The monoisotopic (exact) mass is 387 g/mol. The van der Waals surface area contributed by atoms with Gasteiger partial charge in [0.2, 0.25) is 11.1 Å². The average Bonchev–Trinajstić information content (AvgIpc) is 3.10. The largest absolute Gasteiger partial charge is 0.351 e. The number of tetrazole rings is 1. The Morgan fingerprint density at radius 1 is 1.15 bits per heavy atom. The summed E-state index contributed by atoms with van der Waals surface area (Å²) >= 11 is 7.15. The number of hydrogen-bond acceptors (Lipinski definition) is 5. The molecule has 2 aromatic carbocycles. The third kappa shape index (κ3) is 4.62. The van der Waals surface area contributed by atoms with Crippen LogP contribution in [-0.2, 0) is 11.3 Å². The van der Waals surface area contributed by atoms with Crippen LogP contribution in [0.4, 0.5) is 0 Å². The van der Waals surface area contributed by atoms with E-state index >= 15 is 0 Å². The van der Waals surface area contributed by atoms with E-state index in [1.807, 2.05) is 37.3 Å². The van der Waals surface area contributed by atoms with Crippen molar-refractivity contribution in [2.45, 2.75) is 25.5 Å². The van der Waals surface area contributed by atoms with Crippen molar-refractivity contribution < 1.29 is 4.79 Å². The molecule has 0 spiro atoms. The number of benzene rings is 2. The molecular weight excluding hydrogens is 370 g/mol. The Morgan fingerprint density at radius 2 is 1.92 bits per heavy atom. The van der Waals surface area contributed by atoms with Gasteiger partial charge in [0.05, 0.1) is 11.4 Å². The summed E-state index contributed by atoms with van der Waals surface area (Å²) in [7, 11) is 0. The fourth-order valence-corrected chi connectivity index (χ4v) is 3.12. The van der Waals surface area contributed by atoms with Crippen molar-refractivity contribution in [1.82, 2.24) is 25.5 Å². The molecule has 0 bridgehead atoms. The van der Waals surface area contributed by atoms with E-state index in [1.165, 1.54) is 17.3 Å². The van der Waals surface area contributed by atoms with Gasteiger partial charge in [-0.15, -0.1) is 5.10 Å². The first kappa shape index (κ1) is 18.4. The van der Waals surface area contributed by atoms with E-state index in [9.17, 15) is 4.79 Å². The predicted octanol–water partition coefficient (Wildman–Crippen LogP) is 3.34. The highest BCUT2D eigenvalue weighted by Crippen LogP contribution is 2.20. The minimum absolute atomic E-state index is 0.0837. The second kappa shape index (κ2) is 8.33. The highest BCUT2D eigenvalue weighted by Gasteiger charge is 2.12. The molecule has 3 rings (SSSR count). The predicted molar refractivity (Wildman–Crippen MR) is 103 cm³/mol. The number of aryl methyl sites for hydroxylation is 2. The summed E-state index contributed by atoms with van der Waals surface area (Å²) in [5.74, 6) is 0.151. The van der Waals surface area contributed by atoms with Gasteiger partial charge in [-0.3, -0.25) is 4.79 Å². The maximum Gasteiger partial charge on any atom is 0.230 e. The van der Waals surface area contributed by atoms with Crippen LogP contribution < -0.4 is 5.32 Å². The average molecular weight is 388 g/mol. The van der Waals surface area contributed by atoms with Gasteiger partial charge in [-0.2, -0.15) is 4.68 Å². The Morgan fingerprint density at radius 3 is 2.65 bits per heavy atom. The molecule has 8 heteroatoms. The molecule has 0 aliphatic heterocycles. The zero-order chi connectivity index (χ0) is 18.5. The first-order valence-corrected chi connectivity index (χ1v) is 9.39. The van der Waals surface area contributed by atoms with Crippen molar-refractivity contribution in [3.05, 3.63) is 64.2 Å². The van der Waals surface area contributed by atoms with Crippen LogP contribution in [0.2, 0.25) is 5.02 Å². The lowest BCUT2D eigenvalue weighted by Crippen LogP contribution is -2.24. The number of carbonyl (C=O) groups excluding carboxylic acids is 1. The molecule has 1 amide bonds. The van der Waals surface area contributed by atoms with Crippen LogP contribution in [0.15, 0.2) is 47.6 Å². The molecule has 0 saturated heterocycles. The highest BCUT2D eigenvalue weighted by atomic mass is 35.5. The van der Waals surface area contributed by atoms with E-state index in [2.05, 4.69) is 27.8 Å². The number of nitrogens with zero attached hydrogens (tertiary/aromatic N) is 4. The number of aromatic nitrogens is 4. The van der Waals surface area contributed by atoms with Gasteiger partial charge in [0, 0.05) is 11.6 Å². The Balaban J connectivity index is 1.58. The first-order chi connectivity index (χ1) is 12.5. The van der Waals surface area contributed by atoms with Crippen molar-refractivity contribution in [2.24, 2.45) is 0 Å². The molecule has 26 heavy (non-hydrogen) atoms. The Kier molecular flexibility index (Phi) is 5.90. The maximum atomic E-state index is 12.1. The van der Waals surface area contributed by atoms with Crippen molar-refractivity contribution >= 4 is 29.3 Å². The lowest BCUT2D eigenvalue weighted by Gasteiger charge is -2.07. The number of nitrogens with one attached hydrogen (secondary N) is 1. The fourth-order valence-electron chi connectivity index (χ4n) is 2.27. The van der Waals surface area contributed by atoms with Crippen molar-refractivity contribution in [2.75, 3.05) is 5.75 Å². The molecule has 0 radical (unpaired) electrons. The zero-order valence-electron chi connectivity index (χ0n) is 14.4. The second-order valence-corrected chi connectivity index (χ2v) is 7.21. The van der Waals surface area contributed by atoms with Crippen LogP contribution in [0.25, 0.3) is 5.69 Å². The van der Waals surface area contributed by atoms with E-state index in [0.29, 0.717) is 16.7 Å². The van der Waals surface area contributed by atoms with Gasteiger partial charge in [0.1, 0.15) is 0 Å². The van der Waals surface area contributed by atoms with Gasteiger partial charge in [-0.05, 0) is 65.2 Å². The molecule has 6 nitrogen and oxygen atoms in total. The number of rotatable bonds is 6. The van der Waals surface area contributed by atoms with E-state index < -0.39 is 0 Å². The molecule has 0 fully saturated rings. The summed E-state index contributed by atoms with van der Waals surface area (Å²) in [4.78, 5) is 12.1. The summed E-state index contributed by atoms with van der Waals surface area (Å²) in [5, 5.41) is 15.9. The van der Waals surface area contributed by atoms with Crippen LogP contribution in [0.3, 0.4) is 0 Å². The quantitative estimate of drug-likeness (QED) is 0.657. The summed E-state index contributed by atoms with van der Waals surface area (Å²) in [5.41, 5.74) is 4.24. The third-order valence-electron chi connectivity index (χ3n) is 3.91. The van der Waals surface area contributed by atoms with Gasteiger partial charge >= 0.3 is 0 Å². The fraction of sp³-hybridized carbons (Fsp3) is 0.222. The first-order valence-electron chi connectivity index (χ1n) is 8.03. The van der Waals surface area contributed by atoms with Crippen LogP contribution in [0.5, 0.6) is 0 Å². The SMILES string of the molecule is Cc1ccc(-n2nnnc2SCC(=O)NCc2ccc(Cl)cc2)cc1C. The molecule has 134 valence electrons. The van der Waals surface area contributed by atoms with Gasteiger partial charge in [-0.1, -0.05) is 41.6 Å². The second-order valence-electron chi connectivity index (χ2n) is 5.83. The Labute approximate surface area is 160 Å². The number of hydrogen-bond donors (Lipinski definition) is 1. The smallest absolute Gasteiger partial charge is 0.230 e. The molecule has 1 N–H and O–H groups in total. The van der Waals surface area contributed by atoms with Crippen LogP contribution in [-0.4, -0.2) is 31.9 Å². The van der Waals surface area contributed by atoms with Crippen molar-refractivity contribution in [1.29, 1.82) is 0 Å². The third-order valence-corrected chi connectivity index (χ3v) is 5.08. The van der Waals surface area contributed by atoms with Crippen LogP contribution >= 0.6 is 23.4 Å². The molecule has 0 aliphatic rings. The number of amides is 1. The standard InChI is InChI=1S/C18H18ClN5OS/c1-12-3-8-16(9-13(12)2)24-18(21-22-23-24)26-11-17(25)20-10-14-4-6-15(19)7-5-14/h3-9H,10-11H2,1-2H3,(H,20,25). The van der Waals surface area contributed by atoms with Crippen LogP contribution in [0.1, 0.15) is 16.7 Å². The summed E-state index contributed by atoms with van der Waals surface area (Å²) in [6, 6.07) is 13.4. The van der Waals surface area contributed by atoms with Gasteiger partial charge in [0.15, 0.2) is 0 Å². The Hall–Kier alpha value is -2.38. The van der Waals surface area contributed by atoms with E-state index in [4.69, 9.17) is 11.6 Å². The van der Waals surface area contributed by atoms with Crippen molar-refractivity contribution in [3.8, 4) is 5.69 Å². The minimum atomic E-state index is -0.0837. The minimum Gasteiger partial charge on any atom is -0.351 e. The lowest BCUT2D eigenvalue weighted by molar-refractivity contribution is -0.118. The number of carbonyl (C=O) groups is 1. The van der Waals surface area contributed by atoms with Crippen LogP contribution in [0, 0.1) is 13.8 Å². The maximum absolute atomic E-state index is 12.1. The van der Waals surface area contributed by atoms with Gasteiger partial charge < -0.3 is 5.32 Å². The molecule has 1 heterocycles. The number of halogens is 1. The number of thioether (sulfide) groups is 1.